The Morgan fingerprint density at radius 1 is 1.10 bits per heavy atom. The average Bonchev–Trinajstić information content (AvgIpc) is 2.77. The predicted octanol–water partition coefficient (Wildman–Crippen LogP) is 5.08. The first-order valence-corrected chi connectivity index (χ1v) is 9.46. The van der Waals surface area contributed by atoms with Crippen LogP contribution in [0.5, 0.6) is 0 Å². The van der Waals surface area contributed by atoms with Crippen molar-refractivity contribution in [2.24, 2.45) is 5.11 Å². The molecule has 31 heavy (non-hydrogen) atoms. The van der Waals surface area contributed by atoms with Crippen molar-refractivity contribution in [1.29, 1.82) is 0 Å². The Labute approximate surface area is 184 Å². The van der Waals surface area contributed by atoms with Crippen LogP contribution in [0.1, 0.15) is 0 Å². The van der Waals surface area contributed by atoms with Gasteiger partial charge in [0, 0.05) is 33.6 Å². The first-order chi connectivity index (χ1) is 15.0. The number of aromatic nitrogens is 5. The Kier molecular flexibility index (Phi) is 5.76. The minimum Gasteiger partial charge on any atom is -0.324 e. The van der Waals surface area contributed by atoms with Gasteiger partial charge in [-0.2, -0.15) is 9.78 Å². The van der Waals surface area contributed by atoms with Crippen LogP contribution in [0.4, 0.5) is 17.3 Å². The van der Waals surface area contributed by atoms with Gasteiger partial charge < -0.3 is 5.32 Å². The Balaban J connectivity index is 1.69. The number of hydrogen-bond acceptors (Lipinski definition) is 7. The lowest BCUT2D eigenvalue weighted by Crippen LogP contribution is -2.22. The number of anilines is 2. The van der Waals surface area contributed by atoms with E-state index in [9.17, 15) is 4.79 Å². The fourth-order valence-electron chi connectivity index (χ4n) is 2.67. The van der Waals surface area contributed by atoms with Gasteiger partial charge in [0.05, 0.1) is 17.6 Å². The molecular formula is C19H11Cl2N9O. The Morgan fingerprint density at radius 3 is 2.74 bits per heavy atom. The molecule has 12 heteroatoms. The third-order valence-electron chi connectivity index (χ3n) is 4.05. The molecule has 4 aromatic rings. The van der Waals surface area contributed by atoms with Crippen molar-refractivity contribution in [2.75, 3.05) is 5.32 Å². The fourth-order valence-corrected chi connectivity index (χ4v) is 3.03. The van der Waals surface area contributed by atoms with Crippen LogP contribution in [0.3, 0.4) is 0 Å². The minimum absolute atomic E-state index is 0.0610. The standard InChI is InChI=1S/C19H11Cl2N9O/c20-12-2-1-3-13(9-12)26-19-24-7-5-14(27-19)11-4-6-23-16(8-11)30-18(31)17(21)15(10-25-30)28-29-22/h1-10H,(H,24,26,27). The van der Waals surface area contributed by atoms with Crippen LogP contribution in [0, 0.1) is 0 Å². The van der Waals surface area contributed by atoms with Crippen molar-refractivity contribution in [3.05, 3.63) is 91.9 Å². The van der Waals surface area contributed by atoms with Gasteiger partial charge >= 0.3 is 0 Å². The summed E-state index contributed by atoms with van der Waals surface area (Å²) in [5.41, 5.74) is 9.82. The molecule has 1 N–H and O–H groups in total. The van der Waals surface area contributed by atoms with E-state index in [4.69, 9.17) is 28.7 Å². The molecule has 0 atom stereocenters. The maximum atomic E-state index is 12.5. The molecule has 0 aliphatic heterocycles. The average molecular weight is 452 g/mol. The van der Waals surface area contributed by atoms with Gasteiger partial charge in [0.25, 0.3) is 5.56 Å². The molecule has 0 aliphatic rings. The second kappa shape index (κ2) is 8.80. The Hall–Kier alpha value is -3.98. The zero-order valence-electron chi connectivity index (χ0n) is 15.5. The smallest absolute Gasteiger partial charge is 0.292 e. The number of pyridine rings is 1. The van der Waals surface area contributed by atoms with E-state index in [0.717, 1.165) is 10.4 Å². The van der Waals surface area contributed by atoms with E-state index in [1.165, 1.54) is 12.4 Å². The maximum absolute atomic E-state index is 12.5. The summed E-state index contributed by atoms with van der Waals surface area (Å²) in [7, 11) is 0. The van der Waals surface area contributed by atoms with Gasteiger partial charge in [0.15, 0.2) is 5.82 Å². The molecule has 0 amide bonds. The molecule has 3 heterocycles. The SMILES string of the molecule is [N-]=[N+]=Nc1cnn(-c2cc(-c3ccnc(Nc4cccc(Cl)c4)n3)ccn2)c(=O)c1Cl. The highest BCUT2D eigenvalue weighted by molar-refractivity contribution is 6.32. The number of hydrogen-bond donors (Lipinski definition) is 1. The fraction of sp³-hybridized carbons (Fsp3) is 0. The molecule has 0 saturated carbocycles. The third kappa shape index (κ3) is 4.46. The molecule has 3 aromatic heterocycles. The van der Waals surface area contributed by atoms with Gasteiger partial charge in [-0.05, 0) is 41.9 Å². The summed E-state index contributed by atoms with van der Waals surface area (Å²) in [6, 6.07) is 12.3. The summed E-state index contributed by atoms with van der Waals surface area (Å²) in [5.74, 6) is 0.593. The van der Waals surface area contributed by atoms with Crippen LogP contribution in [-0.4, -0.2) is 24.7 Å². The van der Waals surface area contributed by atoms with Crippen LogP contribution in [0.15, 0.2) is 71.0 Å². The third-order valence-corrected chi connectivity index (χ3v) is 4.64. The van der Waals surface area contributed by atoms with Crippen molar-refractivity contribution in [3.8, 4) is 17.1 Å². The molecule has 152 valence electrons. The van der Waals surface area contributed by atoms with E-state index in [2.05, 4.69) is 35.4 Å². The quantitative estimate of drug-likeness (QED) is 0.255. The summed E-state index contributed by atoms with van der Waals surface area (Å²) in [6.45, 7) is 0. The molecule has 0 aliphatic carbocycles. The van der Waals surface area contributed by atoms with Gasteiger partial charge in [0.2, 0.25) is 5.95 Å². The molecule has 0 fully saturated rings. The first-order valence-electron chi connectivity index (χ1n) is 8.70. The summed E-state index contributed by atoms with van der Waals surface area (Å²) in [5, 5.41) is 10.7. The Bertz CT molecular complexity index is 1380. The van der Waals surface area contributed by atoms with E-state index < -0.39 is 5.56 Å². The number of azide groups is 1. The van der Waals surface area contributed by atoms with E-state index in [1.54, 1.807) is 36.5 Å². The minimum atomic E-state index is -0.665. The van der Waals surface area contributed by atoms with Crippen molar-refractivity contribution < 1.29 is 0 Å². The van der Waals surface area contributed by atoms with Gasteiger partial charge in [-0.25, -0.2) is 15.0 Å². The molecule has 0 saturated heterocycles. The predicted molar refractivity (Wildman–Crippen MR) is 117 cm³/mol. The summed E-state index contributed by atoms with van der Waals surface area (Å²) in [4.78, 5) is 28.0. The molecule has 4 rings (SSSR count). The monoisotopic (exact) mass is 451 g/mol. The van der Waals surface area contributed by atoms with Crippen LogP contribution >= 0.6 is 23.2 Å². The lowest BCUT2D eigenvalue weighted by atomic mass is 10.2. The van der Waals surface area contributed by atoms with Crippen molar-refractivity contribution in [2.45, 2.75) is 0 Å². The molecular weight excluding hydrogens is 441 g/mol. The van der Waals surface area contributed by atoms with Crippen molar-refractivity contribution >= 4 is 40.5 Å². The molecule has 10 nitrogen and oxygen atoms in total. The second-order valence-electron chi connectivity index (χ2n) is 6.05. The summed E-state index contributed by atoms with van der Waals surface area (Å²) in [6.07, 6.45) is 4.31. The summed E-state index contributed by atoms with van der Waals surface area (Å²) < 4.78 is 1.01. The van der Waals surface area contributed by atoms with Gasteiger partial charge in [-0.1, -0.05) is 34.4 Å². The first kappa shape index (κ1) is 20.3. The van der Waals surface area contributed by atoms with Crippen LogP contribution in [0.25, 0.3) is 27.5 Å². The molecule has 0 radical (unpaired) electrons. The number of halogens is 2. The number of nitrogens with one attached hydrogen (secondary N) is 1. The topological polar surface area (TPSA) is 134 Å². The van der Waals surface area contributed by atoms with E-state index in [1.807, 2.05) is 12.1 Å². The zero-order chi connectivity index (χ0) is 21.8. The normalized spacial score (nSPS) is 10.4. The highest BCUT2D eigenvalue weighted by atomic mass is 35.5. The van der Waals surface area contributed by atoms with Crippen LogP contribution in [0.2, 0.25) is 10.0 Å². The highest BCUT2D eigenvalue weighted by Gasteiger charge is 2.12. The van der Waals surface area contributed by atoms with Gasteiger partial charge in [-0.3, -0.25) is 4.79 Å². The molecule has 1 aromatic carbocycles. The van der Waals surface area contributed by atoms with E-state index in [0.29, 0.717) is 22.2 Å². The second-order valence-corrected chi connectivity index (χ2v) is 6.87. The lowest BCUT2D eigenvalue weighted by Gasteiger charge is -2.09. The zero-order valence-corrected chi connectivity index (χ0v) is 17.0. The molecule has 0 unspecified atom stereocenters. The van der Waals surface area contributed by atoms with E-state index in [-0.39, 0.29) is 16.5 Å². The summed E-state index contributed by atoms with van der Waals surface area (Å²) >= 11 is 12.0. The number of rotatable bonds is 5. The number of benzene rings is 1. The largest absolute Gasteiger partial charge is 0.324 e. The Morgan fingerprint density at radius 2 is 1.94 bits per heavy atom. The molecule has 0 bridgehead atoms. The maximum Gasteiger partial charge on any atom is 0.292 e. The lowest BCUT2D eigenvalue weighted by molar-refractivity contribution is 0.782. The van der Waals surface area contributed by atoms with Crippen LogP contribution in [-0.2, 0) is 0 Å². The number of nitrogens with zero attached hydrogens (tertiary/aromatic N) is 8. The van der Waals surface area contributed by atoms with Gasteiger partial charge in [-0.15, -0.1) is 0 Å². The van der Waals surface area contributed by atoms with E-state index >= 15 is 0 Å². The van der Waals surface area contributed by atoms with Gasteiger partial charge in [0.1, 0.15) is 5.02 Å². The molecule has 0 spiro atoms. The van der Waals surface area contributed by atoms with Crippen molar-refractivity contribution in [3.63, 3.8) is 0 Å². The highest BCUT2D eigenvalue weighted by Crippen LogP contribution is 2.23. The van der Waals surface area contributed by atoms with Crippen LogP contribution < -0.4 is 10.9 Å². The van der Waals surface area contributed by atoms with Crippen molar-refractivity contribution in [1.82, 2.24) is 24.7 Å².